The number of amides is 1. The molecule has 3 rings (SSSR count). The molecule has 1 aliphatic rings. The van der Waals surface area contributed by atoms with Crippen molar-refractivity contribution < 1.29 is 13.9 Å². The second kappa shape index (κ2) is 8.72. The minimum absolute atomic E-state index is 0.0715. The lowest BCUT2D eigenvalue weighted by atomic mass is 10.1. The summed E-state index contributed by atoms with van der Waals surface area (Å²) in [6, 6.07) is 11.3. The van der Waals surface area contributed by atoms with Crippen molar-refractivity contribution >= 4 is 5.91 Å². The molecule has 134 valence electrons. The SMILES string of the molecule is CCCOc1ccc(C(=O)NC[C@H](c2ccco2)N2CCCC2)cc1. The van der Waals surface area contributed by atoms with E-state index < -0.39 is 0 Å². The minimum atomic E-state index is -0.0715. The first-order valence-electron chi connectivity index (χ1n) is 9.06. The van der Waals surface area contributed by atoms with E-state index in [1.165, 1.54) is 12.8 Å². The highest BCUT2D eigenvalue weighted by molar-refractivity contribution is 5.94. The molecule has 2 heterocycles. The fourth-order valence-electron chi connectivity index (χ4n) is 3.16. The molecule has 1 N–H and O–H groups in total. The molecule has 25 heavy (non-hydrogen) atoms. The third-order valence-electron chi connectivity index (χ3n) is 4.50. The second-order valence-corrected chi connectivity index (χ2v) is 6.36. The maximum Gasteiger partial charge on any atom is 0.251 e. The van der Waals surface area contributed by atoms with Crippen LogP contribution in [0.1, 0.15) is 48.3 Å². The molecule has 0 radical (unpaired) electrons. The zero-order valence-corrected chi connectivity index (χ0v) is 14.7. The summed E-state index contributed by atoms with van der Waals surface area (Å²) in [4.78, 5) is 14.8. The van der Waals surface area contributed by atoms with Gasteiger partial charge in [-0.3, -0.25) is 9.69 Å². The summed E-state index contributed by atoms with van der Waals surface area (Å²) < 4.78 is 11.1. The van der Waals surface area contributed by atoms with Gasteiger partial charge in [0.25, 0.3) is 5.91 Å². The number of hydrogen-bond donors (Lipinski definition) is 1. The average molecular weight is 342 g/mol. The number of likely N-dealkylation sites (tertiary alicyclic amines) is 1. The lowest BCUT2D eigenvalue weighted by Gasteiger charge is -2.26. The van der Waals surface area contributed by atoms with Crippen molar-refractivity contribution in [2.75, 3.05) is 26.2 Å². The molecule has 1 atom stereocenters. The molecule has 5 heteroatoms. The van der Waals surface area contributed by atoms with Crippen molar-refractivity contribution in [2.24, 2.45) is 0 Å². The highest BCUT2D eigenvalue weighted by Gasteiger charge is 2.26. The summed E-state index contributed by atoms with van der Waals surface area (Å²) in [5.41, 5.74) is 0.642. The van der Waals surface area contributed by atoms with Gasteiger partial charge in [0.1, 0.15) is 11.5 Å². The van der Waals surface area contributed by atoms with Gasteiger partial charge in [-0.2, -0.15) is 0 Å². The Morgan fingerprint density at radius 2 is 2.00 bits per heavy atom. The van der Waals surface area contributed by atoms with E-state index in [1.54, 1.807) is 18.4 Å². The minimum Gasteiger partial charge on any atom is -0.494 e. The Morgan fingerprint density at radius 1 is 1.24 bits per heavy atom. The number of carbonyl (C=O) groups excluding carboxylic acids is 1. The monoisotopic (exact) mass is 342 g/mol. The zero-order valence-electron chi connectivity index (χ0n) is 14.7. The van der Waals surface area contributed by atoms with Gasteiger partial charge in [0.05, 0.1) is 18.9 Å². The molecule has 1 fully saturated rings. The third-order valence-corrected chi connectivity index (χ3v) is 4.50. The molecule has 0 spiro atoms. The van der Waals surface area contributed by atoms with Gasteiger partial charge in [-0.05, 0) is 68.8 Å². The number of benzene rings is 1. The maximum absolute atomic E-state index is 12.5. The van der Waals surface area contributed by atoms with Gasteiger partial charge in [-0.15, -0.1) is 0 Å². The fourth-order valence-corrected chi connectivity index (χ4v) is 3.16. The highest BCUT2D eigenvalue weighted by atomic mass is 16.5. The van der Waals surface area contributed by atoms with Crippen LogP contribution in [0.2, 0.25) is 0 Å². The van der Waals surface area contributed by atoms with Crippen molar-refractivity contribution in [2.45, 2.75) is 32.2 Å². The largest absolute Gasteiger partial charge is 0.494 e. The molecule has 1 aliphatic heterocycles. The van der Waals surface area contributed by atoms with Crippen LogP contribution in [-0.4, -0.2) is 37.0 Å². The van der Waals surface area contributed by atoms with Gasteiger partial charge < -0.3 is 14.5 Å². The van der Waals surface area contributed by atoms with Crippen molar-refractivity contribution in [3.05, 3.63) is 54.0 Å². The van der Waals surface area contributed by atoms with E-state index in [0.29, 0.717) is 18.7 Å². The number of ether oxygens (including phenoxy) is 1. The number of nitrogens with one attached hydrogen (secondary N) is 1. The number of nitrogens with zero attached hydrogens (tertiary/aromatic N) is 1. The number of carbonyl (C=O) groups is 1. The first-order valence-corrected chi connectivity index (χ1v) is 9.06. The molecule has 5 nitrogen and oxygen atoms in total. The van der Waals surface area contributed by atoms with Crippen LogP contribution in [0.15, 0.2) is 47.1 Å². The van der Waals surface area contributed by atoms with Crippen molar-refractivity contribution in [1.82, 2.24) is 10.2 Å². The van der Waals surface area contributed by atoms with Crippen molar-refractivity contribution in [3.63, 3.8) is 0 Å². The summed E-state index contributed by atoms with van der Waals surface area (Å²) in [5, 5.41) is 3.05. The molecule has 0 saturated carbocycles. The highest BCUT2D eigenvalue weighted by Crippen LogP contribution is 2.25. The van der Waals surface area contributed by atoms with Gasteiger partial charge >= 0.3 is 0 Å². The van der Waals surface area contributed by atoms with Crippen LogP contribution in [0.25, 0.3) is 0 Å². The van der Waals surface area contributed by atoms with E-state index in [9.17, 15) is 4.79 Å². The van der Waals surface area contributed by atoms with E-state index in [4.69, 9.17) is 9.15 Å². The van der Waals surface area contributed by atoms with Crippen LogP contribution in [-0.2, 0) is 0 Å². The summed E-state index contributed by atoms with van der Waals surface area (Å²) in [6.45, 7) is 5.39. The lowest BCUT2D eigenvalue weighted by Crippen LogP contribution is -2.36. The number of furan rings is 1. The van der Waals surface area contributed by atoms with Gasteiger partial charge in [0.15, 0.2) is 0 Å². The van der Waals surface area contributed by atoms with Crippen LogP contribution in [0, 0.1) is 0 Å². The van der Waals surface area contributed by atoms with E-state index in [2.05, 4.69) is 17.1 Å². The van der Waals surface area contributed by atoms with Crippen LogP contribution in [0.5, 0.6) is 5.75 Å². The number of hydrogen-bond acceptors (Lipinski definition) is 4. The van der Waals surface area contributed by atoms with Crippen molar-refractivity contribution in [1.29, 1.82) is 0 Å². The molecule has 1 saturated heterocycles. The Labute approximate surface area is 149 Å². The maximum atomic E-state index is 12.5. The van der Waals surface area contributed by atoms with Crippen molar-refractivity contribution in [3.8, 4) is 5.75 Å². The van der Waals surface area contributed by atoms with Crippen LogP contribution in [0.3, 0.4) is 0 Å². The molecule has 0 aliphatic carbocycles. The predicted molar refractivity (Wildman–Crippen MR) is 96.8 cm³/mol. The third kappa shape index (κ3) is 4.63. The van der Waals surface area contributed by atoms with Crippen LogP contribution < -0.4 is 10.1 Å². The van der Waals surface area contributed by atoms with Gasteiger partial charge in [0, 0.05) is 12.1 Å². The second-order valence-electron chi connectivity index (χ2n) is 6.36. The van der Waals surface area contributed by atoms with Gasteiger partial charge in [-0.1, -0.05) is 6.92 Å². The van der Waals surface area contributed by atoms with Gasteiger partial charge in [-0.25, -0.2) is 0 Å². The molecule has 0 unspecified atom stereocenters. The summed E-state index contributed by atoms with van der Waals surface area (Å²) >= 11 is 0. The Hall–Kier alpha value is -2.27. The van der Waals surface area contributed by atoms with E-state index in [-0.39, 0.29) is 11.9 Å². The number of rotatable bonds is 8. The van der Waals surface area contributed by atoms with E-state index in [0.717, 1.165) is 31.0 Å². The first kappa shape index (κ1) is 17.5. The Bertz CT molecular complexity index is 646. The molecule has 2 aromatic rings. The quantitative estimate of drug-likeness (QED) is 0.796. The normalized spacial score (nSPS) is 15.9. The fraction of sp³-hybridized carbons (Fsp3) is 0.450. The van der Waals surface area contributed by atoms with Gasteiger partial charge in [0.2, 0.25) is 0 Å². The zero-order chi connectivity index (χ0) is 17.5. The van der Waals surface area contributed by atoms with E-state index >= 15 is 0 Å². The molecular weight excluding hydrogens is 316 g/mol. The Balaban J connectivity index is 1.59. The Kier molecular flexibility index (Phi) is 6.12. The lowest BCUT2D eigenvalue weighted by molar-refractivity contribution is 0.0933. The summed E-state index contributed by atoms with van der Waals surface area (Å²) in [7, 11) is 0. The molecular formula is C20H26N2O3. The average Bonchev–Trinajstić information content (AvgIpc) is 3.35. The van der Waals surface area contributed by atoms with E-state index in [1.807, 2.05) is 24.3 Å². The topological polar surface area (TPSA) is 54.7 Å². The van der Waals surface area contributed by atoms with Crippen LogP contribution in [0.4, 0.5) is 0 Å². The molecule has 1 aromatic heterocycles. The molecule has 1 amide bonds. The molecule has 0 bridgehead atoms. The smallest absolute Gasteiger partial charge is 0.251 e. The first-order chi connectivity index (χ1) is 12.3. The summed E-state index contributed by atoms with van der Waals surface area (Å²) in [6.07, 6.45) is 5.05. The molecule has 1 aromatic carbocycles. The summed E-state index contributed by atoms with van der Waals surface area (Å²) in [5.74, 6) is 1.63. The Morgan fingerprint density at radius 3 is 2.64 bits per heavy atom. The van der Waals surface area contributed by atoms with Crippen LogP contribution >= 0.6 is 0 Å². The predicted octanol–water partition coefficient (Wildman–Crippen LogP) is 3.64. The standard InChI is InChI=1S/C20H26N2O3/c1-2-13-24-17-9-7-16(8-10-17)20(23)21-15-18(19-6-5-14-25-19)22-11-3-4-12-22/h5-10,14,18H,2-4,11-13,15H2,1H3,(H,21,23)/t18-/m1/s1.